The summed E-state index contributed by atoms with van der Waals surface area (Å²) in [7, 11) is 0. The highest BCUT2D eigenvalue weighted by Crippen LogP contribution is 2.43. The van der Waals surface area contributed by atoms with E-state index in [2.05, 4.69) is 17.2 Å². The molecule has 2 rings (SSSR count). The smallest absolute Gasteiger partial charge is 0.256 e. The van der Waals surface area contributed by atoms with Crippen LogP contribution in [0.2, 0.25) is 0 Å². The molecule has 4 heteroatoms. The maximum absolute atomic E-state index is 11.6. The summed E-state index contributed by atoms with van der Waals surface area (Å²) in [5.41, 5.74) is 0.200. The third-order valence-corrected chi connectivity index (χ3v) is 2.85. The SMILES string of the molecule is CC1(CNC(=O)c2c[nH]ccc2=O)CC1. The lowest BCUT2D eigenvalue weighted by Crippen LogP contribution is -2.32. The predicted molar refractivity (Wildman–Crippen MR) is 56.7 cm³/mol. The molecule has 1 aliphatic carbocycles. The van der Waals surface area contributed by atoms with E-state index in [1.165, 1.54) is 18.5 Å². The van der Waals surface area contributed by atoms with Crippen molar-refractivity contribution in [2.45, 2.75) is 19.8 Å². The third-order valence-electron chi connectivity index (χ3n) is 2.85. The number of H-pyrrole nitrogens is 1. The van der Waals surface area contributed by atoms with Crippen molar-refractivity contribution in [3.05, 3.63) is 34.2 Å². The highest BCUT2D eigenvalue weighted by Gasteiger charge is 2.37. The second-order valence-electron chi connectivity index (χ2n) is 4.42. The van der Waals surface area contributed by atoms with Gasteiger partial charge in [-0.2, -0.15) is 0 Å². The Kier molecular flexibility index (Phi) is 2.34. The molecule has 1 aromatic rings. The van der Waals surface area contributed by atoms with Gasteiger partial charge in [-0.15, -0.1) is 0 Å². The fourth-order valence-electron chi connectivity index (χ4n) is 1.37. The van der Waals surface area contributed by atoms with Gasteiger partial charge in [0.1, 0.15) is 5.56 Å². The molecule has 1 amide bonds. The van der Waals surface area contributed by atoms with E-state index in [1.807, 2.05) is 0 Å². The van der Waals surface area contributed by atoms with Gasteiger partial charge in [-0.05, 0) is 18.3 Å². The molecular weight excluding hydrogens is 192 g/mol. The van der Waals surface area contributed by atoms with Crippen LogP contribution in [0.4, 0.5) is 0 Å². The van der Waals surface area contributed by atoms with Gasteiger partial charge in [0.2, 0.25) is 0 Å². The molecule has 15 heavy (non-hydrogen) atoms. The Labute approximate surface area is 87.7 Å². The standard InChI is InChI=1S/C11H14N2O2/c1-11(3-4-11)7-13-10(15)8-6-12-5-2-9(8)14/h2,5-6H,3-4,7H2,1H3,(H,12,14)(H,13,15). The van der Waals surface area contributed by atoms with E-state index < -0.39 is 0 Å². The molecule has 0 unspecified atom stereocenters. The summed E-state index contributed by atoms with van der Waals surface area (Å²) in [6.07, 6.45) is 5.26. The first-order valence-electron chi connectivity index (χ1n) is 5.06. The molecule has 0 radical (unpaired) electrons. The number of amides is 1. The maximum Gasteiger partial charge on any atom is 0.256 e. The number of rotatable bonds is 3. The number of hydrogen-bond donors (Lipinski definition) is 2. The predicted octanol–water partition coefficient (Wildman–Crippen LogP) is 0.905. The normalized spacial score (nSPS) is 17.1. The molecular formula is C11H14N2O2. The minimum Gasteiger partial charge on any atom is -0.367 e. The number of aromatic amines is 1. The van der Waals surface area contributed by atoms with Crippen LogP contribution in [-0.4, -0.2) is 17.4 Å². The topological polar surface area (TPSA) is 62.0 Å². The highest BCUT2D eigenvalue weighted by molar-refractivity contribution is 5.93. The van der Waals surface area contributed by atoms with Crippen LogP contribution in [0.3, 0.4) is 0 Å². The Morgan fingerprint density at radius 2 is 2.33 bits per heavy atom. The molecule has 0 atom stereocenters. The lowest BCUT2D eigenvalue weighted by Gasteiger charge is -2.09. The zero-order valence-corrected chi connectivity index (χ0v) is 8.67. The summed E-state index contributed by atoms with van der Waals surface area (Å²) in [5.74, 6) is -0.287. The summed E-state index contributed by atoms with van der Waals surface area (Å²) in [5, 5.41) is 2.78. The fraction of sp³-hybridized carbons (Fsp3) is 0.455. The quantitative estimate of drug-likeness (QED) is 0.772. The van der Waals surface area contributed by atoms with Gasteiger partial charge in [-0.3, -0.25) is 9.59 Å². The molecule has 0 bridgehead atoms. The molecule has 0 aliphatic heterocycles. The van der Waals surface area contributed by atoms with Gasteiger partial charge in [0.05, 0.1) is 0 Å². The van der Waals surface area contributed by atoms with Gasteiger partial charge in [0, 0.05) is 25.0 Å². The van der Waals surface area contributed by atoms with Crippen LogP contribution in [0.1, 0.15) is 30.1 Å². The van der Waals surface area contributed by atoms with Crippen molar-refractivity contribution in [1.82, 2.24) is 10.3 Å². The van der Waals surface area contributed by atoms with E-state index in [4.69, 9.17) is 0 Å². The van der Waals surface area contributed by atoms with Crippen LogP contribution in [0.15, 0.2) is 23.3 Å². The van der Waals surface area contributed by atoms with Crippen molar-refractivity contribution in [2.24, 2.45) is 5.41 Å². The lowest BCUT2D eigenvalue weighted by atomic mass is 10.1. The zero-order valence-electron chi connectivity index (χ0n) is 8.67. The van der Waals surface area contributed by atoms with Crippen LogP contribution in [0, 0.1) is 5.41 Å². The van der Waals surface area contributed by atoms with Gasteiger partial charge in [0.15, 0.2) is 5.43 Å². The summed E-state index contributed by atoms with van der Waals surface area (Å²) in [6, 6.07) is 1.35. The molecule has 1 heterocycles. The first kappa shape index (κ1) is 9.96. The molecule has 1 aliphatic rings. The molecule has 1 aromatic heterocycles. The van der Waals surface area contributed by atoms with Crippen molar-refractivity contribution < 1.29 is 4.79 Å². The molecule has 4 nitrogen and oxygen atoms in total. The molecule has 0 spiro atoms. The number of carbonyl (C=O) groups is 1. The van der Waals surface area contributed by atoms with Gasteiger partial charge in [-0.25, -0.2) is 0 Å². The summed E-state index contributed by atoms with van der Waals surface area (Å²) >= 11 is 0. The Morgan fingerprint density at radius 3 is 2.93 bits per heavy atom. The second-order valence-corrected chi connectivity index (χ2v) is 4.42. The van der Waals surface area contributed by atoms with E-state index in [0.29, 0.717) is 6.54 Å². The molecule has 1 fully saturated rings. The first-order valence-corrected chi connectivity index (χ1v) is 5.06. The van der Waals surface area contributed by atoms with Crippen LogP contribution < -0.4 is 10.7 Å². The van der Waals surface area contributed by atoms with Crippen molar-refractivity contribution >= 4 is 5.91 Å². The van der Waals surface area contributed by atoms with Crippen LogP contribution in [-0.2, 0) is 0 Å². The Morgan fingerprint density at radius 1 is 1.60 bits per heavy atom. The number of nitrogens with one attached hydrogen (secondary N) is 2. The van der Waals surface area contributed by atoms with Gasteiger partial charge in [0.25, 0.3) is 5.91 Å². The summed E-state index contributed by atoms with van der Waals surface area (Å²) < 4.78 is 0. The van der Waals surface area contributed by atoms with E-state index in [1.54, 1.807) is 0 Å². The van der Waals surface area contributed by atoms with Gasteiger partial charge in [-0.1, -0.05) is 6.92 Å². The van der Waals surface area contributed by atoms with Crippen LogP contribution in [0.25, 0.3) is 0 Å². The molecule has 80 valence electrons. The number of hydrogen-bond acceptors (Lipinski definition) is 2. The van der Waals surface area contributed by atoms with Crippen molar-refractivity contribution in [3.8, 4) is 0 Å². The zero-order chi connectivity index (χ0) is 10.9. The largest absolute Gasteiger partial charge is 0.367 e. The average molecular weight is 206 g/mol. The van der Waals surface area contributed by atoms with E-state index in [-0.39, 0.29) is 22.3 Å². The Balaban J connectivity index is 2.02. The monoisotopic (exact) mass is 206 g/mol. The number of pyridine rings is 1. The van der Waals surface area contributed by atoms with Crippen LogP contribution >= 0.6 is 0 Å². The van der Waals surface area contributed by atoms with E-state index in [0.717, 1.165) is 12.8 Å². The van der Waals surface area contributed by atoms with E-state index >= 15 is 0 Å². The van der Waals surface area contributed by atoms with Crippen molar-refractivity contribution in [3.63, 3.8) is 0 Å². The summed E-state index contributed by atoms with van der Waals surface area (Å²) in [6.45, 7) is 2.78. The minimum atomic E-state index is -0.287. The van der Waals surface area contributed by atoms with Crippen molar-refractivity contribution in [2.75, 3.05) is 6.54 Å². The number of carbonyl (C=O) groups excluding carboxylic acids is 1. The second kappa shape index (κ2) is 3.53. The third kappa shape index (κ3) is 2.26. The number of aromatic nitrogens is 1. The maximum atomic E-state index is 11.6. The Bertz CT molecular complexity index is 432. The average Bonchev–Trinajstić information content (AvgIpc) is 2.95. The molecule has 0 saturated heterocycles. The summed E-state index contributed by atoms with van der Waals surface area (Å²) in [4.78, 5) is 25.7. The van der Waals surface area contributed by atoms with E-state index in [9.17, 15) is 9.59 Å². The lowest BCUT2D eigenvalue weighted by molar-refractivity contribution is 0.0944. The fourth-order valence-corrected chi connectivity index (χ4v) is 1.37. The minimum absolute atomic E-state index is 0.182. The Hall–Kier alpha value is -1.58. The highest BCUT2D eigenvalue weighted by atomic mass is 16.2. The van der Waals surface area contributed by atoms with Gasteiger partial charge < -0.3 is 10.3 Å². The first-order chi connectivity index (χ1) is 7.11. The van der Waals surface area contributed by atoms with Gasteiger partial charge >= 0.3 is 0 Å². The molecule has 2 N–H and O–H groups in total. The molecule has 0 aromatic carbocycles. The van der Waals surface area contributed by atoms with Crippen molar-refractivity contribution in [1.29, 1.82) is 0 Å². The van der Waals surface area contributed by atoms with Crippen LogP contribution in [0.5, 0.6) is 0 Å². The molecule has 1 saturated carbocycles.